The van der Waals surface area contributed by atoms with E-state index in [1.54, 1.807) is 21.8 Å². The second kappa shape index (κ2) is 8.47. The van der Waals surface area contributed by atoms with Crippen LogP contribution in [0.15, 0.2) is 30.6 Å². The predicted octanol–water partition coefficient (Wildman–Crippen LogP) is 2.95. The van der Waals surface area contributed by atoms with Crippen molar-refractivity contribution in [1.82, 2.24) is 19.7 Å². The maximum absolute atomic E-state index is 14.1. The zero-order chi connectivity index (χ0) is 22.0. The number of anilines is 1. The quantitative estimate of drug-likeness (QED) is 0.667. The molecule has 0 radical (unpaired) electrons. The molecule has 0 aliphatic heterocycles. The normalized spacial score (nSPS) is 12.0. The van der Waals surface area contributed by atoms with E-state index in [0.29, 0.717) is 34.3 Å². The van der Waals surface area contributed by atoms with Crippen molar-refractivity contribution in [3.8, 4) is 17.6 Å². The van der Waals surface area contributed by atoms with Gasteiger partial charge >= 0.3 is 0 Å². The largest absolute Gasteiger partial charge is 0.479 e. The summed E-state index contributed by atoms with van der Waals surface area (Å²) in [6.07, 6.45) is 2.03. The standard InChI is InChI=1S/C21H23FN6O2/c1-12(2)18-15(19(29)13-6-7-14(9-23)16(22)8-13)10-25-28(18)17-11-24-21(27(3)4)26-20(17)30-5/h6-8,10-12,19,29H,1-5H3. The Hall–Kier alpha value is -3.51. The highest BCUT2D eigenvalue weighted by Crippen LogP contribution is 2.33. The van der Waals surface area contributed by atoms with Crippen molar-refractivity contribution >= 4 is 5.95 Å². The first kappa shape index (κ1) is 21.2. The van der Waals surface area contributed by atoms with Crippen molar-refractivity contribution in [3.05, 3.63) is 58.8 Å². The summed E-state index contributed by atoms with van der Waals surface area (Å²) in [6, 6.07) is 5.83. The number of halogens is 1. The summed E-state index contributed by atoms with van der Waals surface area (Å²) >= 11 is 0. The highest BCUT2D eigenvalue weighted by atomic mass is 19.1. The zero-order valence-electron chi connectivity index (χ0n) is 17.5. The summed E-state index contributed by atoms with van der Waals surface area (Å²) in [7, 11) is 5.17. The van der Waals surface area contributed by atoms with Gasteiger partial charge in [0.15, 0.2) is 0 Å². The highest BCUT2D eigenvalue weighted by Gasteiger charge is 2.25. The molecule has 1 atom stereocenters. The second-order valence-electron chi connectivity index (χ2n) is 7.26. The van der Waals surface area contributed by atoms with Gasteiger partial charge in [0.25, 0.3) is 0 Å². The van der Waals surface area contributed by atoms with Gasteiger partial charge in [0.05, 0.1) is 30.8 Å². The number of hydrogen-bond acceptors (Lipinski definition) is 7. The molecule has 1 aromatic carbocycles. The van der Waals surface area contributed by atoms with Gasteiger partial charge in [-0.3, -0.25) is 0 Å². The lowest BCUT2D eigenvalue weighted by molar-refractivity contribution is 0.218. The fourth-order valence-corrected chi connectivity index (χ4v) is 3.18. The van der Waals surface area contributed by atoms with Crippen LogP contribution < -0.4 is 9.64 Å². The first-order chi connectivity index (χ1) is 14.3. The minimum Gasteiger partial charge on any atom is -0.479 e. The van der Waals surface area contributed by atoms with Gasteiger partial charge in [0, 0.05) is 19.7 Å². The van der Waals surface area contributed by atoms with E-state index in [9.17, 15) is 9.50 Å². The monoisotopic (exact) mass is 410 g/mol. The van der Waals surface area contributed by atoms with E-state index in [1.807, 2.05) is 27.9 Å². The van der Waals surface area contributed by atoms with Crippen LogP contribution in [0.4, 0.5) is 10.3 Å². The van der Waals surface area contributed by atoms with Gasteiger partial charge in [-0.15, -0.1) is 0 Å². The van der Waals surface area contributed by atoms with Crippen molar-refractivity contribution in [1.29, 1.82) is 5.26 Å². The van der Waals surface area contributed by atoms with E-state index in [-0.39, 0.29) is 11.5 Å². The van der Waals surface area contributed by atoms with Crippen molar-refractivity contribution in [2.45, 2.75) is 25.9 Å². The number of methoxy groups -OCH3 is 1. The van der Waals surface area contributed by atoms with Gasteiger partial charge in [0.1, 0.15) is 23.7 Å². The number of benzene rings is 1. The molecule has 3 rings (SSSR count). The molecule has 1 N–H and O–H groups in total. The van der Waals surface area contributed by atoms with Crippen LogP contribution in [0, 0.1) is 17.1 Å². The maximum atomic E-state index is 14.1. The molecule has 1 unspecified atom stereocenters. The molecule has 0 aliphatic rings. The molecule has 2 heterocycles. The highest BCUT2D eigenvalue weighted by molar-refractivity contribution is 5.47. The number of nitrogens with zero attached hydrogens (tertiary/aromatic N) is 6. The van der Waals surface area contributed by atoms with Crippen LogP contribution in [0.1, 0.15) is 48.3 Å². The van der Waals surface area contributed by atoms with Gasteiger partial charge in [-0.1, -0.05) is 19.9 Å². The van der Waals surface area contributed by atoms with Gasteiger partial charge < -0.3 is 14.7 Å². The van der Waals surface area contributed by atoms with E-state index in [0.717, 1.165) is 0 Å². The minimum absolute atomic E-state index is 0.0291. The van der Waals surface area contributed by atoms with E-state index in [1.165, 1.54) is 31.5 Å². The van der Waals surface area contributed by atoms with Crippen molar-refractivity contribution < 1.29 is 14.2 Å². The number of aliphatic hydroxyl groups excluding tert-OH is 1. The molecular formula is C21H23FN6O2. The van der Waals surface area contributed by atoms with Crippen LogP contribution in [-0.2, 0) is 0 Å². The summed E-state index contributed by atoms with van der Waals surface area (Å²) < 4.78 is 21.1. The third-order valence-electron chi connectivity index (χ3n) is 4.65. The first-order valence-corrected chi connectivity index (χ1v) is 9.32. The van der Waals surface area contributed by atoms with E-state index < -0.39 is 11.9 Å². The summed E-state index contributed by atoms with van der Waals surface area (Å²) in [4.78, 5) is 10.5. The second-order valence-corrected chi connectivity index (χ2v) is 7.26. The van der Waals surface area contributed by atoms with Crippen molar-refractivity contribution in [2.24, 2.45) is 0 Å². The van der Waals surface area contributed by atoms with E-state index >= 15 is 0 Å². The molecule has 0 bridgehead atoms. The number of aromatic nitrogens is 4. The molecule has 156 valence electrons. The maximum Gasteiger partial charge on any atom is 0.244 e. The van der Waals surface area contributed by atoms with E-state index in [2.05, 4.69) is 15.1 Å². The van der Waals surface area contributed by atoms with E-state index in [4.69, 9.17) is 10.00 Å². The lowest BCUT2D eigenvalue weighted by Crippen LogP contribution is -2.15. The molecule has 2 aromatic heterocycles. The number of aliphatic hydroxyl groups is 1. The lowest BCUT2D eigenvalue weighted by atomic mass is 9.96. The molecule has 30 heavy (non-hydrogen) atoms. The number of ether oxygens (including phenoxy) is 1. The third-order valence-corrected chi connectivity index (χ3v) is 4.65. The zero-order valence-corrected chi connectivity index (χ0v) is 17.5. The van der Waals surface area contributed by atoms with Gasteiger partial charge in [-0.2, -0.15) is 15.3 Å². The molecule has 0 fully saturated rings. The Morgan fingerprint density at radius 2 is 2.00 bits per heavy atom. The van der Waals surface area contributed by atoms with Crippen LogP contribution >= 0.6 is 0 Å². The number of hydrogen-bond donors (Lipinski definition) is 1. The fourth-order valence-electron chi connectivity index (χ4n) is 3.18. The predicted molar refractivity (Wildman–Crippen MR) is 109 cm³/mol. The van der Waals surface area contributed by atoms with Crippen molar-refractivity contribution in [2.75, 3.05) is 26.1 Å². The molecule has 0 amide bonds. The SMILES string of the molecule is COc1nc(N(C)C)ncc1-n1ncc(C(O)c2ccc(C#N)c(F)c2)c1C(C)C. The summed E-state index contributed by atoms with van der Waals surface area (Å²) in [6.45, 7) is 3.93. The van der Waals surface area contributed by atoms with Crippen LogP contribution in [0.2, 0.25) is 0 Å². The van der Waals surface area contributed by atoms with Gasteiger partial charge in [-0.05, 0) is 23.6 Å². The summed E-state index contributed by atoms with van der Waals surface area (Å²) in [5, 5.41) is 24.3. The molecule has 0 saturated carbocycles. The van der Waals surface area contributed by atoms with Crippen LogP contribution in [0.25, 0.3) is 5.69 Å². The molecular weight excluding hydrogens is 387 g/mol. The van der Waals surface area contributed by atoms with Crippen LogP contribution in [-0.4, -0.2) is 46.1 Å². The summed E-state index contributed by atoms with van der Waals surface area (Å²) in [5.74, 6) is 0.117. The Bertz CT molecular complexity index is 1100. The Morgan fingerprint density at radius 1 is 1.27 bits per heavy atom. The minimum atomic E-state index is -1.12. The average Bonchev–Trinajstić information content (AvgIpc) is 3.17. The molecule has 0 aliphatic carbocycles. The molecule has 0 saturated heterocycles. The van der Waals surface area contributed by atoms with Crippen LogP contribution in [0.3, 0.4) is 0 Å². The Labute approximate surface area is 174 Å². The summed E-state index contributed by atoms with van der Waals surface area (Å²) in [5.41, 5.74) is 2.02. The Kier molecular flexibility index (Phi) is 5.99. The third kappa shape index (κ3) is 3.82. The fraction of sp³-hybridized carbons (Fsp3) is 0.333. The Balaban J connectivity index is 2.11. The smallest absolute Gasteiger partial charge is 0.244 e. The van der Waals surface area contributed by atoms with Gasteiger partial charge in [-0.25, -0.2) is 14.1 Å². The topological polar surface area (TPSA) is 100 Å². The average molecular weight is 410 g/mol. The molecule has 9 heteroatoms. The van der Waals surface area contributed by atoms with Gasteiger partial charge in [0.2, 0.25) is 11.8 Å². The van der Waals surface area contributed by atoms with Crippen molar-refractivity contribution in [3.63, 3.8) is 0 Å². The lowest BCUT2D eigenvalue weighted by Gasteiger charge is -2.18. The van der Waals surface area contributed by atoms with Crippen LogP contribution in [0.5, 0.6) is 5.88 Å². The molecule has 0 spiro atoms. The number of rotatable bonds is 6. The Morgan fingerprint density at radius 3 is 2.57 bits per heavy atom. The molecule has 8 nitrogen and oxygen atoms in total. The number of nitriles is 1. The first-order valence-electron chi connectivity index (χ1n) is 9.32. The molecule has 3 aromatic rings.